The molecule has 11 heteroatoms. The molecule has 2 heterocycles. The molecule has 2 aromatic heterocycles. The molecule has 2 N–H and O–H groups in total. The molecule has 0 radical (unpaired) electrons. The van der Waals surface area contributed by atoms with E-state index in [0.717, 1.165) is 0 Å². The Morgan fingerprint density at radius 1 is 1.08 bits per heavy atom. The van der Waals surface area contributed by atoms with Crippen LogP contribution in [0.1, 0.15) is 37.6 Å². The highest BCUT2D eigenvalue weighted by atomic mass is 35.5. The second-order valence-electron chi connectivity index (χ2n) is 8.43. The molecule has 0 aliphatic heterocycles. The van der Waals surface area contributed by atoms with Gasteiger partial charge in [-0.1, -0.05) is 24.6 Å². The lowest BCUT2D eigenvalue weighted by molar-refractivity contribution is -0.120. The molecular weight excluding hydrogens is 502 g/mol. The van der Waals surface area contributed by atoms with Gasteiger partial charge in [0.05, 0.1) is 34.1 Å². The van der Waals surface area contributed by atoms with Crippen molar-refractivity contribution in [2.45, 2.75) is 37.5 Å². The van der Waals surface area contributed by atoms with Crippen LogP contribution in [-0.2, 0) is 31.3 Å². The lowest BCUT2D eigenvalue weighted by atomic mass is 9.83. The largest absolute Gasteiger partial charge is 0.326 e. The Hall–Kier alpha value is -3.81. The lowest BCUT2D eigenvalue weighted by Crippen LogP contribution is -2.35. The first kappa shape index (κ1) is 26.8. The van der Waals surface area contributed by atoms with Crippen LogP contribution in [0.2, 0.25) is 5.02 Å². The highest BCUT2D eigenvalue weighted by molar-refractivity contribution is 7.91. The van der Waals surface area contributed by atoms with Gasteiger partial charge in [-0.25, -0.2) is 13.4 Å². The third kappa shape index (κ3) is 6.24. The summed E-state index contributed by atoms with van der Waals surface area (Å²) in [6.45, 7) is 4.94. The minimum atomic E-state index is -3.36. The molecule has 3 aromatic rings. The fraction of sp³-hybridized carbons (Fsp3) is 0.240. The zero-order valence-corrected chi connectivity index (χ0v) is 21.4. The van der Waals surface area contributed by atoms with Crippen molar-refractivity contribution in [3.05, 3.63) is 76.7 Å². The highest BCUT2D eigenvalue weighted by Crippen LogP contribution is 2.33. The summed E-state index contributed by atoms with van der Waals surface area (Å²) in [7, 11) is -3.36. The Labute approximate surface area is 214 Å². The second kappa shape index (κ2) is 10.8. The molecule has 3 rings (SSSR count). The summed E-state index contributed by atoms with van der Waals surface area (Å²) < 4.78 is 23.8. The van der Waals surface area contributed by atoms with Crippen molar-refractivity contribution in [1.82, 2.24) is 9.97 Å². The Kier molecular flexibility index (Phi) is 8.07. The summed E-state index contributed by atoms with van der Waals surface area (Å²) >= 11 is 6.47. The normalized spacial score (nSPS) is 11.4. The number of carbonyl (C=O) groups excluding carboxylic acids is 2. The van der Waals surface area contributed by atoms with E-state index in [1.807, 2.05) is 6.07 Å². The van der Waals surface area contributed by atoms with E-state index in [2.05, 4.69) is 20.6 Å². The molecule has 0 saturated heterocycles. The van der Waals surface area contributed by atoms with Gasteiger partial charge in [-0.3, -0.25) is 14.6 Å². The quantitative estimate of drug-likeness (QED) is 0.454. The zero-order chi connectivity index (χ0) is 26.5. The summed E-state index contributed by atoms with van der Waals surface area (Å²) in [6.07, 6.45) is 2.61. The van der Waals surface area contributed by atoms with Crippen molar-refractivity contribution < 1.29 is 18.0 Å². The van der Waals surface area contributed by atoms with Gasteiger partial charge in [-0.15, -0.1) is 0 Å². The third-order valence-corrected chi connectivity index (χ3v) is 7.54. The van der Waals surface area contributed by atoms with Crippen LogP contribution in [0.4, 0.5) is 11.5 Å². The lowest BCUT2D eigenvalue weighted by Gasteiger charge is -2.25. The maximum absolute atomic E-state index is 13.0. The SMILES string of the molecule is CCS(=O)(=O)c1ccc(CC(=O)Nc2ccc(C(C)(C)C(=O)Nc3cc(C#N)ccn3)c(Cl)c2)nc1. The minimum Gasteiger partial charge on any atom is -0.326 e. The Morgan fingerprint density at radius 2 is 1.83 bits per heavy atom. The molecule has 0 bridgehead atoms. The summed E-state index contributed by atoms with van der Waals surface area (Å²) in [6, 6.07) is 12.8. The van der Waals surface area contributed by atoms with Gasteiger partial charge in [0.15, 0.2) is 9.84 Å². The smallest absolute Gasteiger partial charge is 0.235 e. The van der Waals surface area contributed by atoms with Crippen LogP contribution in [-0.4, -0.2) is 36.0 Å². The number of nitriles is 1. The predicted octanol–water partition coefficient (Wildman–Crippen LogP) is 3.89. The van der Waals surface area contributed by atoms with Gasteiger partial charge in [-0.2, -0.15) is 5.26 Å². The van der Waals surface area contributed by atoms with Gasteiger partial charge < -0.3 is 10.6 Å². The average molecular weight is 526 g/mol. The van der Waals surface area contributed by atoms with Crippen LogP contribution in [0.5, 0.6) is 0 Å². The van der Waals surface area contributed by atoms with Crippen LogP contribution in [0.15, 0.2) is 59.8 Å². The number of nitrogens with one attached hydrogen (secondary N) is 2. The van der Waals surface area contributed by atoms with Crippen LogP contribution in [0.3, 0.4) is 0 Å². The zero-order valence-electron chi connectivity index (χ0n) is 19.9. The van der Waals surface area contributed by atoms with E-state index in [1.165, 1.54) is 36.7 Å². The molecule has 0 aliphatic rings. The second-order valence-corrected chi connectivity index (χ2v) is 11.1. The van der Waals surface area contributed by atoms with Crippen molar-refractivity contribution in [2.24, 2.45) is 0 Å². The topological polar surface area (TPSA) is 142 Å². The molecule has 0 atom stereocenters. The molecule has 0 unspecified atom stereocenters. The minimum absolute atomic E-state index is 0.0327. The predicted molar refractivity (Wildman–Crippen MR) is 136 cm³/mol. The molecule has 1 aromatic carbocycles. The van der Waals surface area contributed by atoms with Gasteiger partial charge in [0.25, 0.3) is 0 Å². The molecule has 0 aliphatic carbocycles. The molecule has 0 saturated carbocycles. The van der Waals surface area contributed by atoms with E-state index in [9.17, 15) is 18.0 Å². The van der Waals surface area contributed by atoms with Crippen molar-refractivity contribution in [2.75, 3.05) is 16.4 Å². The Bertz CT molecular complexity index is 1450. The van der Waals surface area contributed by atoms with E-state index >= 15 is 0 Å². The van der Waals surface area contributed by atoms with Crippen LogP contribution < -0.4 is 10.6 Å². The number of amides is 2. The number of hydrogen-bond acceptors (Lipinski definition) is 7. The van der Waals surface area contributed by atoms with Crippen molar-refractivity contribution in [1.29, 1.82) is 5.26 Å². The number of pyridine rings is 2. The van der Waals surface area contributed by atoms with Crippen LogP contribution in [0, 0.1) is 11.3 Å². The maximum atomic E-state index is 13.0. The average Bonchev–Trinajstić information content (AvgIpc) is 2.84. The summed E-state index contributed by atoms with van der Waals surface area (Å²) in [5.74, 6) is -0.517. The van der Waals surface area contributed by atoms with Crippen LogP contribution >= 0.6 is 11.6 Å². The van der Waals surface area contributed by atoms with Gasteiger partial charge in [0.1, 0.15) is 5.82 Å². The number of carbonyl (C=O) groups is 2. The van der Waals surface area contributed by atoms with Crippen LogP contribution in [0.25, 0.3) is 0 Å². The first-order chi connectivity index (χ1) is 17.0. The highest BCUT2D eigenvalue weighted by Gasteiger charge is 2.32. The van der Waals surface area contributed by atoms with E-state index in [-0.39, 0.29) is 39.7 Å². The summed E-state index contributed by atoms with van der Waals surface area (Å²) in [4.78, 5) is 33.7. The number of rotatable bonds is 8. The third-order valence-electron chi connectivity index (χ3n) is 5.50. The van der Waals surface area contributed by atoms with Crippen molar-refractivity contribution in [3.8, 4) is 6.07 Å². The number of benzene rings is 1. The fourth-order valence-electron chi connectivity index (χ4n) is 3.30. The van der Waals surface area contributed by atoms with Gasteiger partial charge >= 0.3 is 0 Å². The van der Waals surface area contributed by atoms with Crippen molar-refractivity contribution in [3.63, 3.8) is 0 Å². The standard InChI is InChI=1S/C25H24ClN5O4S/c1-4-36(34,35)19-7-5-17(29-15-19)13-23(32)30-18-6-8-20(21(26)12-18)25(2,3)24(33)31-22-11-16(14-27)9-10-28-22/h5-12,15H,4,13H2,1-3H3,(H,30,32)(H,28,31,33). The first-order valence-corrected chi connectivity index (χ1v) is 12.9. The molecule has 9 nitrogen and oxygen atoms in total. The summed E-state index contributed by atoms with van der Waals surface area (Å²) in [5.41, 5.74) is 0.698. The first-order valence-electron chi connectivity index (χ1n) is 10.9. The Morgan fingerprint density at radius 3 is 2.44 bits per heavy atom. The van der Waals surface area contributed by atoms with Gasteiger partial charge in [-0.05, 0) is 55.8 Å². The molecular formula is C25H24ClN5O4S. The number of hydrogen-bond donors (Lipinski definition) is 2. The molecule has 0 fully saturated rings. The van der Waals surface area contributed by atoms with E-state index < -0.39 is 15.3 Å². The number of aromatic nitrogens is 2. The molecule has 186 valence electrons. The summed E-state index contributed by atoms with van der Waals surface area (Å²) in [5, 5.41) is 14.7. The van der Waals surface area contributed by atoms with E-state index in [0.29, 0.717) is 22.5 Å². The van der Waals surface area contributed by atoms with E-state index in [4.69, 9.17) is 16.9 Å². The van der Waals surface area contributed by atoms with Crippen molar-refractivity contribution >= 4 is 44.8 Å². The number of anilines is 2. The van der Waals surface area contributed by atoms with E-state index in [1.54, 1.807) is 39.0 Å². The molecule has 2 amide bonds. The monoisotopic (exact) mass is 525 g/mol. The van der Waals surface area contributed by atoms with Gasteiger partial charge in [0, 0.05) is 28.8 Å². The molecule has 0 spiro atoms. The van der Waals surface area contributed by atoms with Gasteiger partial charge in [0.2, 0.25) is 11.8 Å². The maximum Gasteiger partial charge on any atom is 0.235 e. The Balaban J connectivity index is 1.68. The number of nitrogens with zero attached hydrogens (tertiary/aromatic N) is 3. The fourth-order valence-corrected chi connectivity index (χ4v) is 4.54. The number of halogens is 1. The molecule has 36 heavy (non-hydrogen) atoms. The number of sulfone groups is 1.